The average molecular weight is 272 g/mol. The minimum atomic E-state index is 0.616. The average Bonchev–Trinajstić information content (AvgIpc) is 2.51. The molecule has 3 rings (SSSR count). The number of nitrogens with zero attached hydrogens (tertiary/aromatic N) is 2. The molecule has 0 N–H and O–H groups in total. The van der Waals surface area contributed by atoms with Gasteiger partial charge in [-0.1, -0.05) is 36.4 Å². The highest BCUT2D eigenvalue weighted by Crippen LogP contribution is 2.32. The van der Waals surface area contributed by atoms with Gasteiger partial charge in [-0.15, -0.1) is 8.86 Å². The highest BCUT2D eigenvalue weighted by Gasteiger charge is 2.13. The molecule has 0 bridgehead atoms. The van der Waals surface area contributed by atoms with Gasteiger partial charge < -0.3 is 0 Å². The second-order valence-corrected chi connectivity index (χ2v) is 4.76. The Bertz CT molecular complexity index is 943. The first kappa shape index (κ1) is 12.4. The van der Waals surface area contributed by atoms with Gasteiger partial charge in [0, 0.05) is 21.5 Å². The molecule has 2 nitrogen and oxygen atoms in total. The molecule has 0 spiro atoms. The SMILES string of the molecule is N#Cc1c2ccccc2c(C#N)c2cc(C=P)ccc12. The normalized spacial score (nSPS) is 10.1. The van der Waals surface area contributed by atoms with Crippen LogP contribution in [0.5, 0.6) is 0 Å². The van der Waals surface area contributed by atoms with Crippen LogP contribution in [-0.2, 0) is 0 Å². The van der Waals surface area contributed by atoms with E-state index in [1.54, 1.807) is 5.80 Å². The summed E-state index contributed by atoms with van der Waals surface area (Å²) in [6.45, 7) is 0. The molecule has 0 heterocycles. The van der Waals surface area contributed by atoms with Gasteiger partial charge >= 0.3 is 0 Å². The van der Waals surface area contributed by atoms with Crippen LogP contribution in [-0.4, -0.2) is 5.80 Å². The zero-order valence-corrected chi connectivity index (χ0v) is 11.5. The summed E-state index contributed by atoms with van der Waals surface area (Å²) in [5.41, 5.74) is 2.20. The van der Waals surface area contributed by atoms with E-state index in [1.165, 1.54) is 0 Å². The van der Waals surface area contributed by atoms with Crippen molar-refractivity contribution in [3.63, 3.8) is 0 Å². The van der Waals surface area contributed by atoms with Crippen LogP contribution in [0.4, 0.5) is 0 Å². The van der Waals surface area contributed by atoms with E-state index in [2.05, 4.69) is 21.0 Å². The molecule has 0 aliphatic heterocycles. The molecule has 0 atom stereocenters. The third-order valence-electron chi connectivity index (χ3n) is 3.44. The van der Waals surface area contributed by atoms with Crippen molar-refractivity contribution in [2.45, 2.75) is 0 Å². The fourth-order valence-corrected chi connectivity index (χ4v) is 2.71. The van der Waals surface area contributed by atoms with Crippen LogP contribution >= 0.6 is 8.86 Å². The lowest BCUT2D eigenvalue weighted by Gasteiger charge is -2.09. The molecular formula is C17H9N2P. The first-order chi connectivity index (χ1) is 9.80. The van der Waals surface area contributed by atoms with Gasteiger partial charge in [-0.25, -0.2) is 0 Å². The molecule has 0 amide bonds. The number of nitriles is 2. The van der Waals surface area contributed by atoms with Crippen LogP contribution in [0.25, 0.3) is 21.5 Å². The van der Waals surface area contributed by atoms with Crippen LogP contribution in [0.1, 0.15) is 16.7 Å². The third-order valence-corrected chi connectivity index (χ3v) is 3.77. The van der Waals surface area contributed by atoms with E-state index in [4.69, 9.17) is 0 Å². The number of hydrogen-bond donors (Lipinski definition) is 0. The lowest BCUT2D eigenvalue weighted by atomic mass is 9.92. The van der Waals surface area contributed by atoms with Gasteiger partial charge in [0.05, 0.1) is 11.1 Å². The minimum Gasteiger partial charge on any atom is -0.192 e. The maximum atomic E-state index is 9.51. The predicted octanol–water partition coefficient (Wildman–Crippen LogP) is 4.03. The maximum absolute atomic E-state index is 9.51. The van der Waals surface area contributed by atoms with Gasteiger partial charge in [-0.2, -0.15) is 10.5 Å². The zero-order valence-electron chi connectivity index (χ0n) is 10.5. The molecule has 0 aliphatic rings. The summed E-state index contributed by atoms with van der Waals surface area (Å²) in [6, 6.07) is 17.8. The molecule has 3 aromatic rings. The molecular weight excluding hydrogens is 263 g/mol. The summed E-state index contributed by atoms with van der Waals surface area (Å²) in [6.07, 6.45) is 0. The van der Waals surface area contributed by atoms with E-state index in [1.807, 2.05) is 42.5 Å². The molecule has 92 valence electrons. The quantitative estimate of drug-likeness (QED) is 0.496. The van der Waals surface area contributed by atoms with E-state index < -0.39 is 0 Å². The minimum absolute atomic E-state index is 0.616. The second kappa shape index (κ2) is 4.78. The Morgan fingerprint density at radius 3 is 1.90 bits per heavy atom. The Hall–Kier alpha value is -2.67. The van der Waals surface area contributed by atoms with E-state index in [0.717, 1.165) is 27.1 Å². The lowest BCUT2D eigenvalue weighted by molar-refractivity contribution is 1.50. The molecule has 20 heavy (non-hydrogen) atoms. The van der Waals surface area contributed by atoms with Crippen molar-refractivity contribution in [3.05, 3.63) is 59.2 Å². The van der Waals surface area contributed by atoms with Gasteiger partial charge in [0.15, 0.2) is 0 Å². The largest absolute Gasteiger partial charge is 0.192 e. The number of hydrogen-bond acceptors (Lipinski definition) is 2. The van der Waals surface area contributed by atoms with Gasteiger partial charge in [-0.05, 0) is 17.4 Å². The maximum Gasteiger partial charge on any atom is 0.100 e. The molecule has 3 aromatic carbocycles. The molecule has 0 saturated carbocycles. The first-order valence-corrected chi connectivity index (χ1v) is 6.67. The van der Waals surface area contributed by atoms with Crippen molar-refractivity contribution in [3.8, 4) is 12.1 Å². The Balaban J connectivity index is 2.67. The summed E-state index contributed by atoms with van der Waals surface area (Å²) in [4.78, 5) is 0. The topological polar surface area (TPSA) is 47.6 Å². The summed E-state index contributed by atoms with van der Waals surface area (Å²) in [5, 5.41) is 22.3. The van der Waals surface area contributed by atoms with Crippen molar-refractivity contribution >= 4 is 36.2 Å². The van der Waals surface area contributed by atoms with E-state index in [-0.39, 0.29) is 0 Å². The summed E-state index contributed by atoms with van der Waals surface area (Å²) in [7, 11) is 3.35. The molecule has 0 aromatic heterocycles. The highest BCUT2D eigenvalue weighted by atomic mass is 31.0. The Morgan fingerprint density at radius 1 is 0.800 bits per heavy atom. The molecule has 0 aliphatic carbocycles. The molecule has 0 saturated heterocycles. The summed E-state index contributed by atoms with van der Waals surface area (Å²) in [5.74, 6) is 1.79. The summed E-state index contributed by atoms with van der Waals surface area (Å²) >= 11 is 0. The van der Waals surface area contributed by atoms with Crippen molar-refractivity contribution in [2.24, 2.45) is 0 Å². The third kappa shape index (κ3) is 1.68. The molecule has 0 unspecified atom stereocenters. The Kier molecular flexibility index (Phi) is 2.96. The second-order valence-electron chi connectivity index (χ2n) is 4.47. The fraction of sp³-hybridized carbons (Fsp3) is 0. The van der Waals surface area contributed by atoms with E-state index >= 15 is 0 Å². The molecule has 3 heteroatoms. The fourth-order valence-electron chi connectivity index (χ4n) is 2.53. The summed E-state index contributed by atoms with van der Waals surface area (Å²) < 4.78 is 0. The lowest BCUT2D eigenvalue weighted by Crippen LogP contribution is -1.91. The van der Waals surface area contributed by atoms with Crippen LogP contribution in [0, 0.1) is 22.7 Å². The number of benzene rings is 3. The van der Waals surface area contributed by atoms with Gasteiger partial charge in [0.1, 0.15) is 12.1 Å². The standard InChI is InChI=1S/C17H9N2P/c18-8-16-12-3-1-2-4-13(12)17(9-19)15-7-11(10-20)5-6-14(15)16/h1-7,10,20H. The number of fused-ring (bicyclic) bond motifs is 2. The van der Waals surface area contributed by atoms with Crippen molar-refractivity contribution in [1.29, 1.82) is 10.5 Å². The van der Waals surface area contributed by atoms with Crippen LogP contribution in [0.15, 0.2) is 42.5 Å². The highest BCUT2D eigenvalue weighted by molar-refractivity contribution is 7.19. The van der Waals surface area contributed by atoms with Crippen LogP contribution in [0.3, 0.4) is 0 Å². The predicted molar refractivity (Wildman–Crippen MR) is 84.4 cm³/mol. The van der Waals surface area contributed by atoms with Crippen molar-refractivity contribution in [2.75, 3.05) is 0 Å². The Labute approximate surface area is 118 Å². The van der Waals surface area contributed by atoms with Gasteiger partial charge in [0.25, 0.3) is 0 Å². The van der Waals surface area contributed by atoms with Crippen molar-refractivity contribution in [1.82, 2.24) is 0 Å². The van der Waals surface area contributed by atoms with Crippen molar-refractivity contribution < 1.29 is 0 Å². The first-order valence-electron chi connectivity index (χ1n) is 6.09. The van der Waals surface area contributed by atoms with E-state index in [9.17, 15) is 10.5 Å². The molecule has 0 fully saturated rings. The van der Waals surface area contributed by atoms with Gasteiger partial charge in [-0.3, -0.25) is 0 Å². The number of rotatable bonds is 1. The van der Waals surface area contributed by atoms with E-state index in [0.29, 0.717) is 11.1 Å². The van der Waals surface area contributed by atoms with Gasteiger partial charge in [0.2, 0.25) is 0 Å². The smallest absolute Gasteiger partial charge is 0.100 e. The molecule has 0 radical (unpaired) electrons. The monoisotopic (exact) mass is 272 g/mol. The zero-order chi connectivity index (χ0) is 14.1. The van der Waals surface area contributed by atoms with Crippen LogP contribution in [0.2, 0.25) is 0 Å². The Morgan fingerprint density at radius 2 is 1.35 bits per heavy atom. The van der Waals surface area contributed by atoms with Crippen LogP contribution < -0.4 is 0 Å².